The molecule has 1 aliphatic heterocycles. The first-order valence-electron chi connectivity index (χ1n) is 6.33. The summed E-state index contributed by atoms with van der Waals surface area (Å²) in [4.78, 5) is 2.35. The molecule has 1 aromatic rings. The van der Waals surface area contributed by atoms with Gasteiger partial charge in [0, 0.05) is 24.3 Å². The number of hydrogen-bond donors (Lipinski definition) is 2. The number of rotatable bonds is 2. The van der Waals surface area contributed by atoms with Crippen molar-refractivity contribution in [2.24, 2.45) is 5.73 Å². The van der Waals surface area contributed by atoms with Gasteiger partial charge in [-0.2, -0.15) is 0 Å². The van der Waals surface area contributed by atoms with Gasteiger partial charge in [0.15, 0.2) is 0 Å². The highest BCUT2D eigenvalue weighted by Crippen LogP contribution is 2.24. The van der Waals surface area contributed by atoms with Crippen molar-refractivity contribution < 1.29 is 4.74 Å². The van der Waals surface area contributed by atoms with Gasteiger partial charge in [-0.05, 0) is 44.5 Å². The van der Waals surface area contributed by atoms with Gasteiger partial charge < -0.3 is 15.4 Å². The summed E-state index contributed by atoms with van der Waals surface area (Å²) in [5.74, 6) is 0.119. The molecule has 4 heteroatoms. The third kappa shape index (κ3) is 2.64. The number of aryl methyl sites for hydroxylation is 1. The van der Waals surface area contributed by atoms with Gasteiger partial charge in [-0.3, -0.25) is 5.41 Å². The van der Waals surface area contributed by atoms with Crippen molar-refractivity contribution in [3.8, 4) is 0 Å². The predicted molar refractivity (Wildman–Crippen MR) is 74.4 cm³/mol. The minimum atomic E-state index is 0.119. The molecule has 0 saturated carbocycles. The molecule has 4 nitrogen and oxygen atoms in total. The molecule has 1 aliphatic rings. The number of benzene rings is 1. The lowest BCUT2D eigenvalue weighted by Gasteiger charge is -2.37. The van der Waals surface area contributed by atoms with Crippen LogP contribution in [-0.2, 0) is 4.74 Å². The largest absolute Gasteiger partial charge is 0.384 e. The molecular formula is C14H21N3O. The van der Waals surface area contributed by atoms with Crippen molar-refractivity contribution in [2.75, 3.05) is 18.0 Å². The molecule has 0 aliphatic carbocycles. The summed E-state index contributed by atoms with van der Waals surface area (Å²) in [6, 6.07) is 5.94. The number of morpholine rings is 1. The molecule has 98 valence electrons. The maximum absolute atomic E-state index is 7.46. The van der Waals surface area contributed by atoms with Gasteiger partial charge in [0.05, 0.1) is 12.2 Å². The normalized spacial score (nSPS) is 24.1. The SMILES string of the molecule is Cc1cc(C(=N)N)ccc1N1CC(C)OC(C)C1. The minimum Gasteiger partial charge on any atom is -0.384 e. The molecule has 2 rings (SSSR count). The van der Waals surface area contributed by atoms with E-state index in [9.17, 15) is 0 Å². The van der Waals surface area contributed by atoms with E-state index in [2.05, 4.69) is 31.7 Å². The zero-order valence-electron chi connectivity index (χ0n) is 11.2. The number of nitrogens with one attached hydrogen (secondary N) is 1. The molecule has 2 atom stereocenters. The third-order valence-corrected chi connectivity index (χ3v) is 3.27. The Labute approximate surface area is 108 Å². The van der Waals surface area contributed by atoms with Crippen LogP contribution in [0, 0.1) is 12.3 Å². The lowest BCUT2D eigenvalue weighted by Crippen LogP contribution is -2.45. The van der Waals surface area contributed by atoms with Gasteiger partial charge in [0.1, 0.15) is 5.84 Å². The molecule has 0 spiro atoms. The Kier molecular flexibility index (Phi) is 3.57. The van der Waals surface area contributed by atoms with Gasteiger partial charge in [0.2, 0.25) is 0 Å². The van der Waals surface area contributed by atoms with Crippen LogP contribution in [0.3, 0.4) is 0 Å². The maximum atomic E-state index is 7.46. The zero-order chi connectivity index (χ0) is 13.3. The van der Waals surface area contributed by atoms with E-state index < -0.39 is 0 Å². The van der Waals surface area contributed by atoms with Gasteiger partial charge >= 0.3 is 0 Å². The van der Waals surface area contributed by atoms with Crippen LogP contribution < -0.4 is 10.6 Å². The van der Waals surface area contributed by atoms with E-state index in [4.69, 9.17) is 15.9 Å². The van der Waals surface area contributed by atoms with E-state index in [1.807, 2.05) is 12.1 Å². The fourth-order valence-corrected chi connectivity index (χ4v) is 2.55. The number of nitrogens with zero attached hydrogens (tertiary/aromatic N) is 1. The quantitative estimate of drug-likeness (QED) is 0.619. The second kappa shape index (κ2) is 4.98. The molecule has 0 aromatic heterocycles. The van der Waals surface area contributed by atoms with Crippen LogP contribution in [0.4, 0.5) is 5.69 Å². The van der Waals surface area contributed by atoms with Crippen molar-refractivity contribution in [2.45, 2.75) is 33.0 Å². The highest BCUT2D eigenvalue weighted by atomic mass is 16.5. The van der Waals surface area contributed by atoms with Gasteiger partial charge in [-0.15, -0.1) is 0 Å². The maximum Gasteiger partial charge on any atom is 0.122 e. The first kappa shape index (κ1) is 12.9. The van der Waals surface area contributed by atoms with Crippen LogP contribution in [0.2, 0.25) is 0 Å². The molecular weight excluding hydrogens is 226 g/mol. The first-order valence-corrected chi connectivity index (χ1v) is 6.33. The van der Waals surface area contributed by atoms with Crippen LogP contribution >= 0.6 is 0 Å². The molecule has 1 fully saturated rings. The second-order valence-electron chi connectivity index (χ2n) is 5.08. The van der Waals surface area contributed by atoms with E-state index >= 15 is 0 Å². The number of ether oxygens (including phenoxy) is 1. The van der Waals surface area contributed by atoms with Crippen LogP contribution in [0.1, 0.15) is 25.0 Å². The highest BCUT2D eigenvalue weighted by Gasteiger charge is 2.23. The van der Waals surface area contributed by atoms with E-state index in [1.165, 1.54) is 5.69 Å². The van der Waals surface area contributed by atoms with Crippen molar-refractivity contribution in [1.29, 1.82) is 5.41 Å². The average molecular weight is 247 g/mol. The Morgan fingerprint density at radius 3 is 2.44 bits per heavy atom. The Bertz CT molecular complexity index is 448. The Morgan fingerprint density at radius 2 is 1.94 bits per heavy atom. The second-order valence-corrected chi connectivity index (χ2v) is 5.08. The Balaban J connectivity index is 2.25. The van der Waals surface area contributed by atoms with Crippen molar-refractivity contribution in [1.82, 2.24) is 0 Å². The lowest BCUT2D eigenvalue weighted by molar-refractivity contribution is -0.00524. The number of nitrogen functional groups attached to an aromatic ring is 1. The number of amidine groups is 1. The minimum absolute atomic E-state index is 0.119. The number of anilines is 1. The molecule has 18 heavy (non-hydrogen) atoms. The Hall–Kier alpha value is -1.55. The summed E-state index contributed by atoms with van der Waals surface area (Å²) in [6.45, 7) is 8.08. The summed E-state index contributed by atoms with van der Waals surface area (Å²) in [7, 11) is 0. The first-order chi connectivity index (χ1) is 8.47. The molecule has 0 radical (unpaired) electrons. The monoisotopic (exact) mass is 247 g/mol. The van der Waals surface area contributed by atoms with E-state index in [0.717, 1.165) is 24.2 Å². The predicted octanol–water partition coefficient (Wildman–Crippen LogP) is 1.89. The summed E-state index contributed by atoms with van der Waals surface area (Å²) in [5, 5.41) is 7.46. The third-order valence-electron chi connectivity index (χ3n) is 3.27. The molecule has 0 bridgehead atoms. The van der Waals surface area contributed by atoms with Crippen LogP contribution in [0.5, 0.6) is 0 Å². The summed E-state index contributed by atoms with van der Waals surface area (Å²) < 4.78 is 5.74. The highest BCUT2D eigenvalue weighted by molar-refractivity contribution is 5.95. The molecule has 1 saturated heterocycles. The fourth-order valence-electron chi connectivity index (χ4n) is 2.55. The standard InChI is InChI=1S/C14H21N3O/c1-9-6-12(14(15)16)4-5-13(9)17-7-10(2)18-11(3)8-17/h4-6,10-11H,7-8H2,1-3H3,(H3,15,16). The topological polar surface area (TPSA) is 62.3 Å². The zero-order valence-corrected chi connectivity index (χ0v) is 11.2. The fraction of sp³-hybridized carbons (Fsp3) is 0.500. The van der Waals surface area contributed by atoms with Crippen molar-refractivity contribution in [3.05, 3.63) is 29.3 Å². The van der Waals surface area contributed by atoms with E-state index in [1.54, 1.807) is 0 Å². The van der Waals surface area contributed by atoms with E-state index in [0.29, 0.717) is 0 Å². The van der Waals surface area contributed by atoms with Gasteiger partial charge in [0.25, 0.3) is 0 Å². The molecule has 0 amide bonds. The number of hydrogen-bond acceptors (Lipinski definition) is 3. The Morgan fingerprint density at radius 1 is 1.33 bits per heavy atom. The van der Waals surface area contributed by atoms with Crippen LogP contribution in [0.25, 0.3) is 0 Å². The van der Waals surface area contributed by atoms with Gasteiger partial charge in [-0.25, -0.2) is 0 Å². The summed E-state index contributed by atoms with van der Waals surface area (Å²) in [5.41, 5.74) is 8.65. The van der Waals surface area contributed by atoms with Crippen LogP contribution in [0.15, 0.2) is 18.2 Å². The van der Waals surface area contributed by atoms with Crippen molar-refractivity contribution >= 4 is 11.5 Å². The molecule has 2 unspecified atom stereocenters. The number of nitrogens with two attached hydrogens (primary N) is 1. The lowest BCUT2D eigenvalue weighted by atomic mass is 10.1. The summed E-state index contributed by atoms with van der Waals surface area (Å²) in [6.07, 6.45) is 0.501. The van der Waals surface area contributed by atoms with Crippen LogP contribution in [-0.4, -0.2) is 31.1 Å². The molecule has 3 N–H and O–H groups in total. The van der Waals surface area contributed by atoms with E-state index in [-0.39, 0.29) is 18.0 Å². The molecule has 1 heterocycles. The summed E-state index contributed by atoms with van der Waals surface area (Å²) >= 11 is 0. The smallest absolute Gasteiger partial charge is 0.122 e. The average Bonchev–Trinajstić information content (AvgIpc) is 2.27. The molecule has 1 aromatic carbocycles. The van der Waals surface area contributed by atoms with Gasteiger partial charge in [-0.1, -0.05) is 0 Å². The van der Waals surface area contributed by atoms with Crippen molar-refractivity contribution in [3.63, 3.8) is 0 Å².